The van der Waals surface area contributed by atoms with Crippen molar-refractivity contribution in [3.05, 3.63) is 30.3 Å². The lowest BCUT2D eigenvalue weighted by Crippen LogP contribution is -2.48. The second-order valence-electron chi connectivity index (χ2n) is 5.23. The first kappa shape index (κ1) is 14.4. The molecule has 1 atom stereocenters. The molecule has 19 heavy (non-hydrogen) atoms. The lowest BCUT2D eigenvalue weighted by Gasteiger charge is -2.28. The number of amides is 1. The van der Waals surface area contributed by atoms with Gasteiger partial charge in [-0.15, -0.1) is 11.8 Å². The van der Waals surface area contributed by atoms with E-state index in [1.165, 1.54) is 4.90 Å². The standard InChI is InChI=1S/C15H22N2OS/c1-12(11-16)17-14(18)15(9-5-6-10-15)19-13-7-3-2-4-8-13/h2-4,7-8,12H,5-6,9-11,16H2,1H3,(H,17,18)/t12-/m0/s1. The van der Waals surface area contributed by atoms with Gasteiger partial charge < -0.3 is 11.1 Å². The van der Waals surface area contributed by atoms with Gasteiger partial charge in [-0.05, 0) is 31.9 Å². The van der Waals surface area contributed by atoms with Crippen molar-refractivity contribution >= 4 is 17.7 Å². The molecule has 1 aliphatic rings. The van der Waals surface area contributed by atoms with Crippen LogP contribution in [0.3, 0.4) is 0 Å². The normalized spacial score (nSPS) is 19.1. The molecular weight excluding hydrogens is 256 g/mol. The molecule has 1 fully saturated rings. The molecule has 0 unspecified atom stereocenters. The number of hydrogen-bond donors (Lipinski definition) is 2. The number of rotatable bonds is 5. The molecule has 1 saturated carbocycles. The minimum absolute atomic E-state index is 0.0429. The van der Waals surface area contributed by atoms with Crippen molar-refractivity contribution in [2.45, 2.75) is 48.3 Å². The highest BCUT2D eigenvalue weighted by Crippen LogP contribution is 2.45. The fraction of sp³-hybridized carbons (Fsp3) is 0.533. The summed E-state index contributed by atoms with van der Waals surface area (Å²) in [7, 11) is 0. The zero-order chi connectivity index (χ0) is 13.7. The topological polar surface area (TPSA) is 55.1 Å². The van der Waals surface area contributed by atoms with E-state index in [-0.39, 0.29) is 16.7 Å². The van der Waals surface area contributed by atoms with Crippen molar-refractivity contribution in [2.24, 2.45) is 5.73 Å². The average Bonchev–Trinajstić information content (AvgIpc) is 2.89. The van der Waals surface area contributed by atoms with E-state index in [4.69, 9.17) is 5.73 Å². The maximum Gasteiger partial charge on any atom is 0.236 e. The first-order valence-electron chi connectivity index (χ1n) is 6.91. The molecule has 0 aliphatic heterocycles. The molecule has 4 heteroatoms. The Kier molecular flexibility index (Phi) is 4.88. The van der Waals surface area contributed by atoms with Crippen LogP contribution in [0.2, 0.25) is 0 Å². The smallest absolute Gasteiger partial charge is 0.236 e. The van der Waals surface area contributed by atoms with Gasteiger partial charge in [0.15, 0.2) is 0 Å². The molecular formula is C15H22N2OS. The summed E-state index contributed by atoms with van der Waals surface area (Å²) in [5.74, 6) is 0.150. The molecule has 0 heterocycles. The summed E-state index contributed by atoms with van der Waals surface area (Å²) in [6.45, 7) is 2.44. The van der Waals surface area contributed by atoms with E-state index in [1.54, 1.807) is 11.8 Å². The van der Waals surface area contributed by atoms with Crippen LogP contribution in [0, 0.1) is 0 Å². The van der Waals surface area contributed by atoms with Crippen molar-refractivity contribution in [1.29, 1.82) is 0 Å². The van der Waals surface area contributed by atoms with Gasteiger partial charge in [-0.3, -0.25) is 4.79 Å². The highest BCUT2D eigenvalue weighted by atomic mass is 32.2. The van der Waals surface area contributed by atoms with E-state index in [2.05, 4.69) is 17.4 Å². The quantitative estimate of drug-likeness (QED) is 0.870. The average molecular weight is 278 g/mol. The Bertz CT molecular complexity index is 415. The second-order valence-corrected chi connectivity index (χ2v) is 6.68. The summed E-state index contributed by atoms with van der Waals surface area (Å²) in [6.07, 6.45) is 4.17. The predicted octanol–water partition coefficient (Wildman–Crippen LogP) is 2.55. The maximum atomic E-state index is 12.6. The van der Waals surface area contributed by atoms with Gasteiger partial charge in [0, 0.05) is 17.5 Å². The van der Waals surface area contributed by atoms with Crippen LogP contribution in [0.5, 0.6) is 0 Å². The van der Waals surface area contributed by atoms with Crippen LogP contribution in [-0.2, 0) is 4.79 Å². The van der Waals surface area contributed by atoms with E-state index < -0.39 is 0 Å². The Balaban J connectivity index is 2.11. The summed E-state index contributed by atoms with van der Waals surface area (Å²) < 4.78 is -0.301. The summed E-state index contributed by atoms with van der Waals surface area (Å²) >= 11 is 1.71. The van der Waals surface area contributed by atoms with Gasteiger partial charge in [0.1, 0.15) is 0 Å². The highest BCUT2D eigenvalue weighted by Gasteiger charge is 2.42. The first-order chi connectivity index (χ1) is 9.16. The molecule has 2 rings (SSSR count). The number of thioether (sulfide) groups is 1. The van der Waals surface area contributed by atoms with Crippen molar-refractivity contribution in [3.63, 3.8) is 0 Å². The van der Waals surface area contributed by atoms with Crippen LogP contribution in [0.15, 0.2) is 35.2 Å². The Labute approximate surface area is 119 Å². The van der Waals surface area contributed by atoms with E-state index in [0.717, 1.165) is 25.7 Å². The first-order valence-corrected chi connectivity index (χ1v) is 7.73. The molecule has 1 aliphatic carbocycles. The molecule has 0 saturated heterocycles. The van der Waals surface area contributed by atoms with Crippen molar-refractivity contribution in [3.8, 4) is 0 Å². The molecule has 0 spiro atoms. The fourth-order valence-electron chi connectivity index (χ4n) is 2.45. The van der Waals surface area contributed by atoms with E-state index in [9.17, 15) is 4.79 Å². The third-order valence-electron chi connectivity index (χ3n) is 3.61. The molecule has 1 amide bonds. The lowest BCUT2D eigenvalue weighted by atomic mass is 10.1. The van der Waals surface area contributed by atoms with Crippen LogP contribution in [0.25, 0.3) is 0 Å². The van der Waals surface area contributed by atoms with Gasteiger partial charge in [0.2, 0.25) is 5.91 Å². The number of hydrogen-bond acceptors (Lipinski definition) is 3. The van der Waals surface area contributed by atoms with Crippen LogP contribution in [0.1, 0.15) is 32.6 Å². The van der Waals surface area contributed by atoms with Gasteiger partial charge in [-0.1, -0.05) is 31.0 Å². The van der Waals surface area contributed by atoms with Crippen LogP contribution in [0.4, 0.5) is 0 Å². The largest absolute Gasteiger partial charge is 0.351 e. The SMILES string of the molecule is C[C@@H](CN)NC(=O)C1(Sc2ccccc2)CCCC1. The molecule has 104 valence electrons. The van der Waals surface area contributed by atoms with E-state index in [1.807, 2.05) is 25.1 Å². The van der Waals surface area contributed by atoms with Gasteiger partial charge in [-0.25, -0.2) is 0 Å². The number of nitrogens with two attached hydrogens (primary N) is 1. The Morgan fingerprint density at radius 3 is 2.58 bits per heavy atom. The minimum Gasteiger partial charge on any atom is -0.351 e. The van der Waals surface area contributed by atoms with Crippen molar-refractivity contribution in [2.75, 3.05) is 6.54 Å². The van der Waals surface area contributed by atoms with Crippen LogP contribution in [-0.4, -0.2) is 23.2 Å². The zero-order valence-electron chi connectivity index (χ0n) is 11.4. The van der Waals surface area contributed by atoms with Gasteiger partial charge in [0.05, 0.1) is 4.75 Å². The monoisotopic (exact) mass is 278 g/mol. The molecule has 3 nitrogen and oxygen atoms in total. The molecule has 0 bridgehead atoms. The van der Waals surface area contributed by atoms with Crippen LogP contribution < -0.4 is 11.1 Å². The summed E-state index contributed by atoms with van der Waals surface area (Å²) in [5, 5.41) is 3.05. The van der Waals surface area contributed by atoms with Gasteiger partial charge >= 0.3 is 0 Å². The molecule has 0 aromatic heterocycles. The Hall–Kier alpha value is -1.00. The molecule has 0 radical (unpaired) electrons. The third-order valence-corrected chi connectivity index (χ3v) is 5.10. The highest BCUT2D eigenvalue weighted by molar-refractivity contribution is 8.01. The number of nitrogens with one attached hydrogen (secondary N) is 1. The number of carbonyl (C=O) groups excluding carboxylic acids is 1. The summed E-state index contributed by atoms with van der Waals surface area (Å²) in [5.41, 5.74) is 5.59. The summed E-state index contributed by atoms with van der Waals surface area (Å²) in [4.78, 5) is 13.7. The van der Waals surface area contributed by atoms with E-state index in [0.29, 0.717) is 6.54 Å². The maximum absolute atomic E-state index is 12.6. The third kappa shape index (κ3) is 3.51. The van der Waals surface area contributed by atoms with Crippen molar-refractivity contribution < 1.29 is 4.79 Å². The lowest BCUT2D eigenvalue weighted by molar-refractivity contribution is -0.123. The molecule has 1 aromatic carbocycles. The van der Waals surface area contributed by atoms with Crippen molar-refractivity contribution in [1.82, 2.24) is 5.32 Å². The summed E-state index contributed by atoms with van der Waals surface area (Å²) in [6, 6.07) is 10.2. The Morgan fingerprint density at radius 1 is 1.37 bits per heavy atom. The molecule has 1 aromatic rings. The van der Waals surface area contributed by atoms with Gasteiger partial charge in [-0.2, -0.15) is 0 Å². The van der Waals surface area contributed by atoms with E-state index >= 15 is 0 Å². The molecule has 3 N–H and O–H groups in total. The minimum atomic E-state index is -0.301. The Morgan fingerprint density at radius 2 is 2.00 bits per heavy atom. The van der Waals surface area contributed by atoms with Crippen LogP contribution >= 0.6 is 11.8 Å². The number of benzene rings is 1. The fourth-order valence-corrected chi connectivity index (χ4v) is 3.84. The predicted molar refractivity (Wildman–Crippen MR) is 80.2 cm³/mol. The van der Waals surface area contributed by atoms with Gasteiger partial charge in [0.25, 0.3) is 0 Å². The second kappa shape index (κ2) is 6.44. The zero-order valence-corrected chi connectivity index (χ0v) is 12.2. The number of carbonyl (C=O) groups is 1.